The van der Waals surface area contributed by atoms with Gasteiger partial charge in [0.25, 0.3) is 0 Å². The molecule has 1 aromatic heterocycles. The Morgan fingerprint density at radius 1 is 1.00 bits per heavy atom. The van der Waals surface area contributed by atoms with Gasteiger partial charge in [-0.1, -0.05) is 0 Å². The van der Waals surface area contributed by atoms with E-state index in [1.807, 2.05) is 0 Å². The lowest BCUT2D eigenvalue weighted by Gasteiger charge is -2.12. The summed E-state index contributed by atoms with van der Waals surface area (Å²) in [6.07, 6.45) is 3.25. The molecule has 0 spiro atoms. The third-order valence-corrected chi connectivity index (χ3v) is 3.74. The fraction of sp³-hybridized carbons (Fsp3) is 0. The number of nitrogens with one attached hydrogen (secondary N) is 1. The van der Waals surface area contributed by atoms with Crippen LogP contribution in [0.25, 0.3) is 10.8 Å². The Bertz CT molecular complexity index is 837. The van der Waals surface area contributed by atoms with Crippen molar-refractivity contribution in [3.05, 3.63) is 58.8 Å². The van der Waals surface area contributed by atoms with E-state index in [-0.39, 0.29) is 10.2 Å². The quantitative estimate of drug-likeness (QED) is 0.525. The van der Waals surface area contributed by atoms with Crippen LogP contribution >= 0.6 is 15.9 Å². The van der Waals surface area contributed by atoms with Crippen LogP contribution in [0.5, 0.6) is 0 Å². The van der Waals surface area contributed by atoms with E-state index in [9.17, 15) is 8.78 Å². The van der Waals surface area contributed by atoms with Crippen molar-refractivity contribution in [2.45, 2.75) is 0 Å². The van der Waals surface area contributed by atoms with Crippen LogP contribution in [0.1, 0.15) is 0 Å². The average molecular weight is 350 g/mol. The van der Waals surface area contributed by atoms with E-state index in [4.69, 9.17) is 5.73 Å². The summed E-state index contributed by atoms with van der Waals surface area (Å²) in [4.78, 5) is 4.04. The molecule has 0 saturated heterocycles. The van der Waals surface area contributed by atoms with Crippen LogP contribution in [-0.2, 0) is 0 Å². The number of hydrogen-bond acceptors (Lipinski definition) is 3. The Hall–Kier alpha value is -2.21. The standard InChI is InChI=1S/C15H10BrF2N3/c16-10-5-12(18)15(6-11(10)17)21-14-2-1-13(19)8-3-4-20-7-9(8)14/h1-7,21H,19H2. The molecule has 3 N–H and O–H groups in total. The Morgan fingerprint density at radius 2 is 1.81 bits per heavy atom. The first-order valence-electron chi connectivity index (χ1n) is 6.10. The van der Waals surface area contributed by atoms with Crippen molar-refractivity contribution in [1.82, 2.24) is 4.98 Å². The second-order valence-electron chi connectivity index (χ2n) is 4.49. The van der Waals surface area contributed by atoms with Gasteiger partial charge in [-0.05, 0) is 40.2 Å². The van der Waals surface area contributed by atoms with E-state index in [0.29, 0.717) is 11.4 Å². The molecule has 0 fully saturated rings. The fourth-order valence-electron chi connectivity index (χ4n) is 2.09. The highest BCUT2D eigenvalue weighted by atomic mass is 79.9. The molecule has 0 aliphatic rings. The maximum absolute atomic E-state index is 13.9. The van der Waals surface area contributed by atoms with Crippen LogP contribution in [0.3, 0.4) is 0 Å². The molecule has 3 nitrogen and oxygen atoms in total. The third kappa shape index (κ3) is 2.54. The number of nitrogens with two attached hydrogens (primary N) is 1. The van der Waals surface area contributed by atoms with E-state index in [2.05, 4.69) is 26.2 Å². The summed E-state index contributed by atoms with van der Waals surface area (Å²) < 4.78 is 27.5. The van der Waals surface area contributed by atoms with Gasteiger partial charge in [-0.2, -0.15) is 0 Å². The van der Waals surface area contributed by atoms with Gasteiger partial charge >= 0.3 is 0 Å². The van der Waals surface area contributed by atoms with Crippen LogP contribution in [0.2, 0.25) is 0 Å². The second-order valence-corrected chi connectivity index (χ2v) is 5.35. The zero-order valence-corrected chi connectivity index (χ0v) is 12.3. The molecule has 21 heavy (non-hydrogen) atoms. The molecule has 0 unspecified atom stereocenters. The topological polar surface area (TPSA) is 50.9 Å². The first kappa shape index (κ1) is 13.8. The van der Waals surface area contributed by atoms with Crippen molar-refractivity contribution in [2.24, 2.45) is 0 Å². The van der Waals surface area contributed by atoms with Crippen LogP contribution in [0.4, 0.5) is 25.8 Å². The molecule has 0 atom stereocenters. The molecule has 0 aliphatic heterocycles. The Labute approximate surface area is 127 Å². The average Bonchev–Trinajstić information content (AvgIpc) is 2.48. The van der Waals surface area contributed by atoms with Gasteiger partial charge in [0.2, 0.25) is 0 Å². The molecule has 3 rings (SSSR count). The van der Waals surface area contributed by atoms with Crippen molar-refractivity contribution >= 4 is 43.8 Å². The van der Waals surface area contributed by atoms with E-state index in [1.54, 1.807) is 30.6 Å². The Morgan fingerprint density at radius 3 is 2.62 bits per heavy atom. The number of anilines is 3. The summed E-state index contributed by atoms with van der Waals surface area (Å²) in [7, 11) is 0. The van der Waals surface area contributed by atoms with Gasteiger partial charge in [0.05, 0.1) is 10.2 Å². The lowest BCUT2D eigenvalue weighted by Crippen LogP contribution is -1.98. The number of benzene rings is 2. The molecule has 3 aromatic rings. The smallest absolute Gasteiger partial charge is 0.147 e. The molecule has 0 amide bonds. The molecular weight excluding hydrogens is 340 g/mol. The molecule has 0 bridgehead atoms. The van der Waals surface area contributed by atoms with Gasteiger partial charge in [0.1, 0.15) is 11.6 Å². The minimum absolute atomic E-state index is 0.0469. The number of aromatic nitrogens is 1. The Balaban J connectivity index is 2.11. The number of nitrogen functional groups attached to an aromatic ring is 1. The second kappa shape index (κ2) is 5.29. The van der Waals surface area contributed by atoms with Crippen LogP contribution in [-0.4, -0.2) is 4.98 Å². The third-order valence-electron chi connectivity index (χ3n) is 3.13. The van der Waals surface area contributed by atoms with E-state index < -0.39 is 11.6 Å². The summed E-state index contributed by atoms with van der Waals surface area (Å²) in [5.41, 5.74) is 7.15. The van der Waals surface area contributed by atoms with E-state index in [1.165, 1.54) is 0 Å². The monoisotopic (exact) mass is 349 g/mol. The van der Waals surface area contributed by atoms with Crippen LogP contribution < -0.4 is 11.1 Å². The van der Waals surface area contributed by atoms with Crippen molar-refractivity contribution in [1.29, 1.82) is 0 Å². The number of nitrogens with zero attached hydrogens (tertiary/aromatic N) is 1. The van der Waals surface area contributed by atoms with Crippen molar-refractivity contribution < 1.29 is 8.78 Å². The van der Waals surface area contributed by atoms with Crippen molar-refractivity contribution in [2.75, 3.05) is 11.1 Å². The highest BCUT2D eigenvalue weighted by Gasteiger charge is 2.10. The van der Waals surface area contributed by atoms with Crippen LogP contribution in [0.15, 0.2) is 47.2 Å². The molecule has 106 valence electrons. The van der Waals surface area contributed by atoms with Gasteiger partial charge < -0.3 is 11.1 Å². The summed E-state index contributed by atoms with van der Waals surface area (Å²) >= 11 is 2.95. The number of pyridine rings is 1. The van der Waals surface area contributed by atoms with Gasteiger partial charge in [-0.25, -0.2) is 8.78 Å². The molecule has 1 heterocycles. The van der Waals surface area contributed by atoms with Gasteiger partial charge in [-0.15, -0.1) is 0 Å². The number of fused-ring (bicyclic) bond motifs is 1. The first-order chi connectivity index (χ1) is 10.1. The van der Waals surface area contributed by atoms with Gasteiger partial charge in [-0.3, -0.25) is 4.98 Å². The molecule has 0 radical (unpaired) electrons. The minimum Gasteiger partial charge on any atom is -0.398 e. The lowest BCUT2D eigenvalue weighted by atomic mass is 10.1. The predicted octanol–water partition coefficient (Wildman–Crippen LogP) is 4.60. The maximum Gasteiger partial charge on any atom is 0.147 e. The molecule has 2 aromatic carbocycles. The molecular formula is C15H10BrF2N3. The van der Waals surface area contributed by atoms with Crippen molar-refractivity contribution in [3.8, 4) is 0 Å². The summed E-state index contributed by atoms with van der Waals surface area (Å²) in [6, 6.07) is 7.36. The Kier molecular flexibility index (Phi) is 3.47. The highest BCUT2D eigenvalue weighted by Crippen LogP contribution is 2.32. The normalized spacial score (nSPS) is 10.8. The molecule has 0 aliphatic carbocycles. The molecule has 6 heteroatoms. The van der Waals surface area contributed by atoms with Gasteiger partial charge in [0, 0.05) is 40.6 Å². The SMILES string of the molecule is Nc1ccc(Nc2cc(F)c(Br)cc2F)c2cnccc12. The zero-order chi connectivity index (χ0) is 15.0. The largest absolute Gasteiger partial charge is 0.398 e. The lowest BCUT2D eigenvalue weighted by molar-refractivity contribution is 0.598. The first-order valence-corrected chi connectivity index (χ1v) is 6.89. The van der Waals surface area contributed by atoms with E-state index in [0.717, 1.165) is 22.9 Å². The summed E-state index contributed by atoms with van der Waals surface area (Å²) in [6.45, 7) is 0. The highest BCUT2D eigenvalue weighted by molar-refractivity contribution is 9.10. The predicted molar refractivity (Wildman–Crippen MR) is 83.5 cm³/mol. The number of halogens is 3. The minimum atomic E-state index is -0.558. The van der Waals surface area contributed by atoms with Crippen molar-refractivity contribution in [3.63, 3.8) is 0 Å². The van der Waals surface area contributed by atoms with Gasteiger partial charge in [0.15, 0.2) is 0 Å². The number of hydrogen-bond donors (Lipinski definition) is 2. The fourth-order valence-corrected chi connectivity index (χ4v) is 2.40. The number of rotatable bonds is 2. The van der Waals surface area contributed by atoms with E-state index >= 15 is 0 Å². The maximum atomic E-state index is 13.9. The van der Waals surface area contributed by atoms with Crippen LogP contribution in [0, 0.1) is 11.6 Å². The zero-order valence-electron chi connectivity index (χ0n) is 10.7. The molecule has 0 saturated carbocycles. The summed E-state index contributed by atoms with van der Waals surface area (Å²) in [5, 5.41) is 4.41. The summed E-state index contributed by atoms with van der Waals surface area (Å²) in [5.74, 6) is -1.10.